The Labute approximate surface area is 59.1 Å². The van der Waals surface area contributed by atoms with Gasteiger partial charge in [0.1, 0.15) is 12.8 Å². The number of allylic oxidation sites excluding steroid dienone is 1. The molecule has 0 amide bonds. The summed E-state index contributed by atoms with van der Waals surface area (Å²) in [6, 6.07) is 0. The van der Waals surface area contributed by atoms with Crippen LogP contribution in [-0.2, 0) is 0 Å². The minimum Gasteiger partial charge on any atom is -0.224 e. The first-order valence-electron chi connectivity index (χ1n) is 3.16. The summed E-state index contributed by atoms with van der Waals surface area (Å²) in [5, 5.41) is 8.23. The molecule has 4 nitrogen and oxygen atoms in total. The Balaban J connectivity index is 2.49. The van der Waals surface area contributed by atoms with Crippen LogP contribution < -0.4 is 5.43 Å². The van der Waals surface area contributed by atoms with E-state index in [2.05, 4.69) is 15.6 Å². The molecule has 1 atom stereocenters. The van der Waals surface area contributed by atoms with Crippen LogP contribution in [0.1, 0.15) is 6.92 Å². The maximum Gasteiger partial charge on any atom is 0.256 e. The number of quaternary nitrogens is 1. The molecule has 0 aliphatic carbocycles. The molecule has 0 saturated carbocycles. The van der Waals surface area contributed by atoms with Crippen molar-refractivity contribution < 1.29 is 4.59 Å². The molecule has 10 heavy (non-hydrogen) atoms. The van der Waals surface area contributed by atoms with Gasteiger partial charge in [0.05, 0.1) is 0 Å². The third-order valence-corrected chi connectivity index (χ3v) is 1.66. The number of nitrogens with one attached hydrogen (secondary N) is 1. The highest BCUT2D eigenvalue weighted by Crippen LogP contribution is 2.20. The number of fused-ring (bicyclic) bond motifs is 1. The van der Waals surface area contributed by atoms with E-state index < -0.39 is 0 Å². The number of nitrogens with zero attached hydrogens (tertiary/aromatic N) is 3. The SMILES string of the molecule is CC1=N[N+]2(C)C=NNC2=C1. The zero-order valence-corrected chi connectivity index (χ0v) is 6.00. The van der Waals surface area contributed by atoms with Gasteiger partial charge in [-0.3, -0.25) is 0 Å². The molecule has 0 radical (unpaired) electrons. The third-order valence-electron chi connectivity index (χ3n) is 1.66. The van der Waals surface area contributed by atoms with Crippen molar-refractivity contribution in [1.29, 1.82) is 0 Å². The Hall–Kier alpha value is -1.16. The van der Waals surface area contributed by atoms with Gasteiger partial charge in [-0.05, 0) is 6.92 Å². The van der Waals surface area contributed by atoms with Gasteiger partial charge >= 0.3 is 0 Å². The summed E-state index contributed by atoms with van der Waals surface area (Å²) in [4.78, 5) is 0. The Kier molecular flexibility index (Phi) is 0.820. The van der Waals surface area contributed by atoms with Crippen LogP contribution in [0.25, 0.3) is 0 Å². The molecule has 1 unspecified atom stereocenters. The van der Waals surface area contributed by atoms with E-state index in [9.17, 15) is 0 Å². The van der Waals surface area contributed by atoms with Gasteiger partial charge in [-0.2, -0.15) is 0 Å². The Morgan fingerprint density at radius 3 is 3.10 bits per heavy atom. The van der Waals surface area contributed by atoms with Crippen LogP contribution in [0.2, 0.25) is 0 Å². The summed E-state index contributed by atoms with van der Waals surface area (Å²) in [6.07, 6.45) is 3.76. The molecule has 1 N–H and O–H groups in total. The molecule has 2 aliphatic rings. The third kappa shape index (κ3) is 0.537. The molecule has 2 heterocycles. The summed E-state index contributed by atoms with van der Waals surface area (Å²) in [6.45, 7) is 1.98. The van der Waals surface area contributed by atoms with E-state index in [1.54, 1.807) is 6.34 Å². The predicted octanol–water partition coefficient (Wildman–Crippen LogP) is 0.210. The summed E-state index contributed by atoms with van der Waals surface area (Å²) >= 11 is 0. The first-order chi connectivity index (χ1) is 4.71. The van der Waals surface area contributed by atoms with E-state index in [1.807, 2.05) is 20.0 Å². The number of hydrazone groups is 1. The summed E-state index contributed by atoms with van der Waals surface area (Å²) < 4.78 is 0.450. The van der Waals surface area contributed by atoms with Crippen molar-refractivity contribution in [3.8, 4) is 0 Å². The molecule has 0 spiro atoms. The molecular formula is C6H9N4+. The van der Waals surface area contributed by atoms with E-state index in [0.717, 1.165) is 11.5 Å². The lowest BCUT2D eigenvalue weighted by Crippen LogP contribution is -2.32. The summed E-state index contributed by atoms with van der Waals surface area (Å²) in [5.74, 6) is 1.03. The van der Waals surface area contributed by atoms with Gasteiger partial charge < -0.3 is 0 Å². The van der Waals surface area contributed by atoms with Crippen LogP contribution in [0, 0.1) is 0 Å². The lowest BCUT2D eigenvalue weighted by atomic mass is 10.4. The maximum absolute atomic E-state index is 4.33. The zero-order valence-electron chi connectivity index (χ0n) is 6.00. The highest BCUT2D eigenvalue weighted by Gasteiger charge is 2.35. The first-order valence-corrected chi connectivity index (χ1v) is 3.16. The molecule has 0 aromatic heterocycles. The van der Waals surface area contributed by atoms with Crippen LogP contribution >= 0.6 is 0 Å². The Morgan fingerprint density at radius 2 is 2.40 bits per heavy atom. The monoisotopic (exact) mass is 137 g/mol. The van der Waals surface area contributed by atoms with E-state index in [4.69, 9.17) is 0 Å². The summed E-state index contributed by atoms with van der Waals surface area (Å²) in [5.41, 5.74) is 3.92. The average molecular weight is 137 g/mol. The van der Waals surface area contributed by atoms with E-state index in [1.165, 1.54) is 0 Å². The molecule has 2 aliphatic heterocycles. The van der Waals surface area contributed by atoms with Crippen molar-refractivity contribution in [3.63, 3.8) is 0 Å². The fourth-order valence-corrected chi connectivity index (χ4v) is 1.17. The standard InChI is InChI=1S/C6H9N4/c1-5-3-6-8-7-4-10(6,2)9-5/h3-4,8H,1-2H3/q+1. The first kappa shape index (κ1) is 5.61. The molecule has 0 aromatic carbocycles. The largest absolute Gasteiger partial charge is 0.256 e. The van der Waals surface area contributed by atoms with Crippen LogP contribution in [0.15, 0.2) is 22.1 Å². The molecule has 4 heteroatoms. The Bertz CT molecular complexity index is 263. The quantitative estimate of drug-likeness (QED) is 0.476. The average Bonchev–Trinajstić information content (AvgIpc) is 2.20. The van der Waals surface area contributed by atoms with Gasteiger partial charge in [0.2, 0.25) is 6.34 Å². The zero-order chi connectivity index (χ0) is 7.19. The van der Waals surface area contributed by atoms with Gasteiger partial charge in [-0.25, -0.2) is 5.43 Å². The van der Waals surface area contributed by atoms with Crippen molar-refractivity contribution in [3.05, 3.63) is 11.9 Å². The predicted molar refractivity (Wildman–Crippen MR) is 39.0 cm³/mol. The molecule has 0 aromatic rings. The Morgan fingerprint density at radius 1 is 1.60 bits per heavy atom. The second-order valence-electron chi connectivity index (χ2n) is 2.65. The van der Waals surface area contributed by atoms with Crippen LogP contribution in [0.3, 0.4) is 0 Å². The topological polar surface area (TPSA) is 36.8 Å². The molecule has 52 valence electrons. The smallest absolute Gasteiger partial charge is 0.224 e. The van der Waals surface area contributed by atoms with Crippen molar-refractivity contribution in [2.24, 2.45) is 10.2 Å². The maximum atomic E-state index is 4.33. The van der Waals surface area contributed by atoms with E-state index in [-0.39, 0.29) is 0 Å². The van der Waals surface area contributed by atoms with E-state index >= 15 is 0 Å². The van der Waals surface area contributed by atoms with Gasteiger partial charge in [0, 0.05) is 6.08 Å². The number of hydrogen-bond acceptors (Lipinski definition) is 3. The highest BCUT2D eigenvalue weighted by atomic mass is 15.7. The molecule has 0 saturated heterocycles. The van der Waals surface area contributed by atoms with Gasteiger partial charge in [0.15, 0.2) is 0 Å². The highest BCUT2D eigenvalue weighted by molar-refractivity contribution is 5.94. The van der Waals surface area contributed by atoms with Crippen molar-refractivity contribution >= 4 is 12.1 Å². The summed E-state index contributed by atoms with van der Waals surface area (Å²) in [7, 11) is 1.98. The lowest BCUT2D eigenvalue weighted by Gasteiger charge is -2.11. The van der Waals surface area contributed by atoms with Crippen molar-refractivity contribution in [2.45, 2.75) is 6.92 Å². The molecule has 2 rings (SSSR count). The van der Waals surface area contributed by atoms with Crippen LogP contribution in [0.5, 0.6) is 0 Å². The second kappa shape index (κ2) is 1.46. The second-order valence-corrected chi connectivity index (χ2v) is 2.65. The lowest BCUT2D eigenvalue weighted by molar-refractivity contribution is -0.775. The minimum atomic E-state index is 0.450. The normalized spacial score (nSPS) is 35.0. The number of rotatable bonds is 0. The number of hydrogen-bond donors (Lipinski definition) is 1. The molecule has 0 bridgehead atoms. The molecular weight excluding hydrogens is 128 g/mol. The van der Waals surface area contributed by atoms with E-state index in [0.29, 0.717) is 4.59 Å². The van der Waals surface area contributed by atoms with Crippen molar-refractivity contribution in [1.82, 2.24) is 5.43 Å². The van der Waals surface area contributed by atoms with Gasteiger partial charge in [-0.1, -0.05) is 5.10 Å². The van der Waals surface area contributed by atoms with Crippen LogP contribution in [0.4, 0.5) is 0 Å². The fraction of sp³-hybridized carbons (Fsp3) is 0.333. The minimum absolute atomic E-state index is 0.450. The van der Waals surface area contributed by atoms with Crippen molar-refractivity contribution in [2.75, 3.05) is 7.05 Å². The molecule has 0 fully saturated rings. The fourth-order valence-electron chi connectivity index (χ4n) is 1.17. The van der Waals surface area contributed by atoms with Gasteiger partial charge in [-0.15, -0.1) is 9.69 Å². The van der Waals surface area contributed by atoms with Crippen LogP contribution in [-0.4, -0.2) is 23.7 Å². The van der Waals surface area contributed by atoms with Gasteiger partial charge in [0.25, 0.3) is 5.82 Å².